The van der Waals surface area contributed by atoms with Gasteiger partial charge in [0, 0.05) is 12.6 Å². The predicted molar refractivity (Wildman–Crippen MR) is 98.1 cm³/mol. The lowest BCUT2D eigenvalue weighted by atomic mass is 9.93. The number of hydrogen-bond acceptors (Lipinski definition) is 5. The molecule has 2 heterocycles. The van der Waals surface area contributed by atoms with E-state index in [0.717, 1.165) is 11.1 Å². The van der Waals surface area contributed by atoms with E-state index in [9.17, 15) is 9.59 Å². The van der Waals surface area contributed by atoms with E-state index in [1.807, 2.05) is 36.4 Å². The summed E-state index contributed by atoms with van der Waals surface area (Å²) in [4.78, 5) is 28.8. The molecular weight excluding hydrogens is 342 g/mol. The lowest BCUT2D eigenvalue weighted by Gasteiger charge is -2.25. The van der Waals surface area contributed by atoms with Crippen LogP contribution in [-0.2, 0) is 22.5 Å². The van der Waals surface area contributed by atoms with Crippen molar-refractivity contribution in [3.05, 3.63) is 101 Å². The summed E-state index contributed by atoms with van der Waals surface area (Å²) in [6.45, 7) is 0.103. The van der Waals surface area contributed by atoms with Crippen molar-refractivity contribution in [3.63, 3.8) is 0 Å². The van der Waals surface area contributed by atoms with Gasteiger partial charge in [0.1, 0.15) is 12.7 Å². The van der Waals surface area contributed by atoms with E-state index in [1.165, 1.54) is 0 Å². The highest BCUT2D eigenvalue weighted by Gasteiger charge is 2.28. The molecule has 0 aliphatic carbocycles. The molecular formula is C22H17NO4. The minimum atomic E-state index is -0.446. The summed E-state index contributed by atoms with van der Waals surface area (Å²) < 4.78 is 10.9. The van der Waals surface area contributed by atoms with Gasteiger partial charge in [-0.3, -0.25) is 4.98 Å². The van der Waals surface area contributed by atoms with E-state index in [-0.39, 0.29) is 18.7 Å². The second kappa shape index (κ2) is 7.41. The number of esters is 2. The molecule has 3 aromatic rings. The highest BCUT2D eigenvalue weighted by Crippen LogP contribution is 2.31. The first-order valence-corrected chi connectivity index (χ1v) is 8.66. The van der Waals surface area contributed by atoms with E-state index >= 15 is 0 Å². The minimum absolute atomic E-state index is 0.103. The Hall–Kier alpha value is -3.47. The average molecular weight is 359 g/mol. The van der Waals surface area contributed by atoms with Gasteiger partial charge >= 0.3 is 11.9 Å². The van der Waals surface area contributed by atoms with Crippen molar-refractivity contribution in [2.75, 3.05) is 0 Å². The number of hydrogen-bond donors (Lipinski definition) is 0. The molecule has 1 aliphatic heterocycles. The second-order valence-electron chi connectivity index (χ2n) is 6.28. The molecule has 0 spiro atoms. The average Bonchev–Trinajstić information content (AvgIpc) is 2.73. The molecule has 0 saturated heterocycles. The van der Waals surface area contributed by atoms with Gasteiger partial charge in [-0.15, -0.1) is 0 Å². The van der Waals surface area contributed by atoms with Crippen LogP contribution in [0.25, 0.3) is 0 Å². The number of ether oxygens (including phenoxy) is 2. The Kier molecular flexibility index (Phi) is 4.66. The van der Waals surface area contributed by atoms with Gasteiger partial charge in [-0.1, -0.05) is 36.4 Å². The van der Waals surface area contributed by atoms with Crippen LogP contribution in [0.5, 0.6) is 0 Å². The molecule has 0 bridgehead atoms. The van der Waals surface area contributed by atoms with Gasteiger partial charge in [0.2, 0.25) is 0 Å². The number of carbonyl (C=O) groups is 2. The molecule has 2 aromatic carbocycles. The number of aromatic nitrogens is 1. The molecule has 1 aliphatic rings. The molecule has 1 atom stereocenters. The molecule has 4 rings (SSSR count). The molecule has 0 radical (unpaired) electrons. The van der Waals surface area contributed by atoms with Crippen LogP contribution in [0.3, 0.4) is 0 Å². The van der Waals surface area contributed by atoms with Gasteiger partial charge in [0.15, 0.2) is 0 Å². The van der Waals surface area contributed by atoms with Crippen LogP contribution in [0.15, 0.2) is 72.9 Å². The molecule has 0 fully saturated rings. The van der Waals surface area contributed by atoms with Crippen molar-refractivity contribution in [3.8, 4) is 0 Å². The van der Waals surface area contributed by atoms with Crippen molar-refractivity contribution >= 4 is 11.9 Å². The molecule has 134 valence electrons. The van der Waals surface area contributed by atoms with Gasteiger partial charge in [0.25, 0.3) is 0 Å². The van der Waals surface area contributed by atoms with Gasteiger partial charge < -0.3 is 9.47 Å². The smallest absolute Gasteiger partial charge is 0.339 e. The van der Waals surface area contributed by atoms with E-state index in [4.69, 9.17) is 9.47 Å². The number of benzene rings is 2. The zero-order valence-corrected chi connectivity index (χ0v) is 14.5. The summed E-state index contributed by atoms with van der Waals surface area (Å²) in [5.74, 6) is -0.822. The largest absolute Gasteiger partial charge is 0.456 e. The highest BCUT2D eigenvalue weighted by molar-refractivity contribution is 5.95. The topological polar surface area (TPSA) is 65.5 Å². The molecule has 0 unspecified atom stereocenters. The molecule has 5 heteroatoms. The first-order chi connectivity index (χ1) is 13.2. The fraction of sp³-hybridized carbons (Fsp3) is 0.136. The molecule has 0 amide bonds. The Morgan fingerprint density at radius 1 is 1.07 bits per heavy atom. The third-order valence-corrected chi connectivity index (χ3v) is 4.46. The van der Waals surface area contributed by atoms with Crippen LogP contribution in [0.2, 0.25) is 0 Å². The van der Waals surface area contributed by atoms with Gasteiger partial charge in [0.05, 0.1) is 16.8 Å². The maximum Gasteiger partial charge on any atom is 0.339 e. The van der Waals surface area contributed by atoms with Crippen LogP contribution in [0.4, 0.5) is 0 Å². The van der Waals surface area contributed by atoms with Gasteiger partial charge in [-0.05, 0) is 41.5 Å². The third-order valence-electron chi connectivity index (χ3n) is 4.46. The Labute approximate surface area is 156 Å². The predicted octanol–water partition coefficient (Wildman–Crippen LogP) is 3.89. The number of rotatable bonds is 4. The lowest BCUT2D eigenvalue weighted by molar-refractivity contribution is 0.0251. The zero-order chi connectivity index (χ0) is 18.6. The van der Waals surface area contributed by atoms with Crippen LogP contribution in [0.1, 0.15) is 43.6 Å². The summed E-state index contributed by atoms with van der Waals surface area (Å²) in [6.07, 6.45) is 1.81. The monoisotopic (exact) mass is 359 g/mol. The maximum atomic E-state index is 12.4. The van der Waals surface area contributed by atoms with E-state index < -0.39 is 5.97 Å². The Morgan fingerprint density at radius 2 is 1.89 bits per heavy atom. The van der Waals surface area contributed by atoms with Crippen LogP contribution in [0, 0.1) is 0 Å². The maximum absolute atomic E-state index is 12.4. The summed E-state index contributed by atoms with van der Waals surface area (Å²) in [5, 5.41) is 0. The fourth-order valence-corrected chi connectivity index (χ4v) is 3.08. The SMILES string of the molecule is O=C(OCc1ccccn1)c1ccc2c(c1)C[C@H](c1ccccc1)OC2=O. The van der Waals surface area contributed by atoms with E-state index in [0.29, 0.717) is 23.2 Å². The fourth-order valence-electron chi connectivity index (χ4n) is 3.08. The van der Waals surface area contributed by atoms with Crippen LogP contribution >= 0.6 is 0 Å². The molecule has 0 N–H and O–H groups in total. The summed E-state index contributed by atoms with van der Waals surface area (Å²) in [5.41, 5.74) is 3.29. The van der Waals surface area contributed by atoms with Crippen LogP contribution < -0.4 is 0 Å². The van der Waals surface area contributed by atoms with Crippen molar-refractivity contribution < 1.29 is 19.1 Å². The number of fused-ring (bicyclic) bond motifs is 1. The molecule has 5 nitrogen and oxygen atoms in total. The second-order valence-corrected chi connectivity index (χ2v) is 6.28. The van der Waals surface area contributed by atoms with Crippen LogP contribution in [-0.4, -0.2) is 16.9 Å². The number of carbonyl (C=O) groups excluding carboxylic acids is 2. The molecule has 0 saturated carbocycles. The van der Waals surface area contributed by atoms with Crippen molar-refractivity contribution in [2.45, 2.75) is 19.1 Å². The third kappa shape index (κ3) is 3.72. The Balaban J connectivity index is 1.52. The molecule has 27 heavy (non-hydrogen) atoms. The first kappa shape index (κ1) is 17.0. The van der Waals surface area contributed by atoms with Crippen molar-refractivity contribution in [1.82, 2.24) is 4.98 Å². The summed E-state index contributed by atoms with van der Waals surface area (Å²) >= 11 is 0. The summed E-state index contributed by atoms with van der Waals surface area (Å²) in [6, 6.07) is 19.9. The summed E-state index contributed by atoms with van der Waals surface area (Å²) in [7, 11) is 0. The first-order valence-electron chi connectivity index (χ1n) is 8.66. The van der Waals surface area contributed by atoms with E-state index in [2.05, 4.69) is 4.98 Å². The van der Waals surface area contributed by atoms with Gasteiger partial charge in [-0.2, -0.15) is 0 Å². The minimum Gasteiger partial charge on any atom is -0.456 e. The highest BCUT2D eigenvalue weighted by atomic mass is 16.5. The zero-order valence-electron chi connectivity index (χ0n) is 14.5. The Bertz CT molecular complexity index is 970. The number of cyclic esters (lactones) is 1. The normalized spacial score (nSPS) is 15.6. The Morgan fingerprint density at radius 3 is 2.67 bits per heavy atom. The standard InChI is InChI=1S/C22H17NO4/c24-21(26-14-18-8-4-5-11-23-18)16-9-10-19-17(12-16)13-20(27-22(19)25)15-6-2-1-3-7-15/h1-12,20H,13-14H2/t20-/m1/s1. The number of nitrogens with zero attached hydrogens (tertiary/aromatic N) is 1. The molecule has 1 aromatic heterocycles. The lowest BCUT2D eigenvalue weighted by Crippen LogP contribution is -2.22. The van der Waals surface area contributed by atoms with Gasteiger partial charge in [-0.25, -0.2) is 9.59 Å². The number of pyridine rings is 1. The quantitative estimate of drug-likeness (QED) is 0.661. The van der Waals surface area contributed by atoms with Crippen molar-refractivity contribution in [2.24, 2.45) is 0 Å². The van der Waals surface area contributed by atoms with Crippen molar-refractivity contribution in [1.29, 1.82) is 0 Å². The van der Waals surface area contributed by atoms with E-state index in [1.54, 1.807) is 36.5 Å².